The highest BCUT2D eigenvalue weighted by Crippen LogP contribution is 2.28. The first kappa shape index (κ1) is 12.1. The van der Waals surface area contributed by atoms with Gasteiger partial charge in [0.1, 0.15) is 5.75 Å². The summed E-state index contributed by atoms with van der Waals surface area (Å²) in [4.78, 5) is 26.2. The molecule has 7 nitrogen and oxygen atoms in total. The minimum absolute atomic E-state index is 0.0212. The maximum atomic E-state index is 11.0. The quantitative estimate of drug-likeness (QED) is 0.721. The summed E-state index contributed by atoms with van der Waals surface area (Å²) in [6.07, 6.45) is 0. The third-order valence-electron chi connectivity index (χ3n) is 1.95. The van der Waals surface area contributed by atoms with E-state index in [0.29, 0.717) is 5.69 Å². The molecule has 92 valence electrons. The summed E-state index contributed by atoms with van der Waals surface area (Å²) in [5.41, 5.74) is -0.865. The van der Waals surface area contributed by atoms with E-state index in [0.717, 1.165) is 6.07 Å². The van der Waals surface area contributed by atoms with Crippen LogP contribution in [0.25, 0.3) is 0 Å². The molecule has 0 amide bonds. The number of azo groups is 1. The van der Waals surface area contributed by atoms with Crippen LogP contribution in [0.3, 0.4) is 0 Å². The van der Waals surface area contributed by atoms with Gasteiger partial charge in [0.05, 0.1) is 10.7 Å². The van der Waals surface area contributed by atoms with Crippen LogP contribution in [-0.2, 0) is 0 Å². The molecule has 2 rings (SSSR count). The summed E-state index contributed by atoms with van der Waals surface area (Å²) in [5.74, 6) is -0.0480. The standard InChI is InChI=1S/C10H7ClN4O3/c11-6-3-5(1-2-7(6)16)14-15-8-4-9(17)13-10(18)12-8/h1-4,16H,(H2,12,13,17,18). The van der Waals surface area contributed by atoms with Gasteiger partial charge in [0.2, 0.25) is 0 Å². The number of benzene rings is 1. The molecule has 0 atom stereocenters. The first-order valence-corrected chi connectivity index (χ1v) is 5.16. The van der Waals surface area contributed by atoms with Crippen LogP contribution < -0.4 is 11.2 Å². The van der Waals surface area contributed by atoms with E-state index in [9.17, 15) is 14.7 Å². The molecule has 0 saturated heterocycles. The van der Waals surface area contributed by atoms with Crippen LogP contribution in [0, 0.1) is 0 Å². The maximum Gasteiger partial charge on any atom is 0.327 e. The minimum Gasteiger partial charge on any atom is -0.506 e. The molecule has 0 radical (unpaired) electrons. The van der Waals surface area contributed by atoms with Crippen LogP contribution in [-0.4, -0.2) is 15.1 Å². The monoisotopic (exact) mass is 266 g/mol. The highest BCUT2D eigenvalue weighted by molar-refractivity contribution is 6.32. The lowest BCUT2D eigenvalue weighted by Crippen LogP contribution is -2.20. The number of nitrogens with one attached hydrogen (secondary N) is 2. The first-order valence-electron chi connectivity index (χ1n) is 4.78. The summed E-state index contributed by atoms with van der Waals surface area (Å²) in [6, 6.07) is 5.33. The molecular weight excluding hydrogens is 260 g/mol. The molecule has 1 aromatic heterocycles. The SMILES string of the molecule is O=c1cc(N=Nc2ccc(O)c(Cl)c2)[nH]c(=O)[nH]1. The van der Waals surface area contributed by atoms with Crippen LogP contribution >= 0.6 is 11.6 Å². The number of halogens is 1. The van der Waals surface area contributed by atoms with Gasteiger partial charge in [-0.05, 0) is 18.2 Å². The van der Waals surface area contributed by atoms with Crippen LogP contribution in [0.2, 0.25) is 5.02 Å². The van der Waals surface area contributed by atoms with E-state index in [1.54, 1.807) is 0 Å². The molecule has 0 aliphatic carbocycles. The Kier molecular flexibility index (Phi) is 3.24. The average molecular weight is 267 g/mol. The van der Waals surface area contributed by atoms with Crippen molar-refractivity contribution in [2.24, 2.45) is 10.2 Å². The molecule has 2 aromatic rings. The Morgan fingerprint density at radius 2 is 1.89 bits per heavy atom. The van der Waals surface area contributed by atoms with Crippen molar-refractivity contribution in [3.05, 3.63) is 50.1 Å². The molecule has 1 heterocycles. The zero-order chi connectivity index (χ0) is 13.1. The fourth-order valence-electron chi connectivity index (χ4n) is 1.18. The average Bonchev–Trinajstić information content (AvgIpc) is 2.29. The largest absolute Gasteiger partial charge is 0.506 e. The Morgan fingerprint density at radius 1 is 1.11 bits per heavy atom. The third-order valence-corrected chi connectivity index (χ3v) is 2.25. The number of hydrogen-bond donors (Lipinski definition) is 3. The number of H-pyrrole nitrogens is 2. The van der Waals surface area contributed by atoms with Gasteiger partial charge < -0.3 is 5.11 Å². The van der Waals surface area contributed by atoms with E-state index in [-0.39, 0.29) is 16.6 Å². The van der Waals surface area contributed by atoms with Gasteiger partial charge in [-0.3, -0.25) is 14.8 Å². The van der Waals surface area contributed by atoms with Crippen molar-refractivity contribution in [3.63, 3.8) is 0 Å². The van der Waals surface area contributed by atoms with Crippen molar-refractivity contribution < 1.29 is 5.11 Å². The first-order chi connectivity index (χ1) is 8.54. The second-order valence-corrected chi connectivity index (χ2v) is 3.72. The molecule has 0 fully saturated rings. The lowest BCUT2D eigenvalue weighted by molar-refractivity contribution is 0.475. The number of phenolic OH excluding ortho intramolecular Hbond substituents is 1. The fraction of sp³-hybridized carbons (Fsp3) is 0. The topological polar surface area (TPSA) is 111 Å². The molecule has 0 aliphatic heterocycles. The number of rotatable bonds is 2. The van der Waals surface area contributed by atoms with Crippen molar-refractivity contribution >= 4 is 23.1 Å². The Labute approximate surface area is 105 Å². The lowest BCUT2D eigenvalue weighted by atomic mass is 10.3. The second-order valence-electron chi connectivity index (χ2n) is 3.31. The van der Waals surface area contributed by atoms with E-state index < -0.39 is 11.2 Å². The summed E-state index contributed by atoms with van der Waals surface area (Å²) < 4.78 is 0. The minimum atomic E-state index is -0.666. The number of hydrogen-bond acceptors (Lipinski definition) is 5. The predicted octanol–water partition coefficient (Wildman–Crippen LogP) is 1.84. The van der Waals surface area contributed by atoms with Gasteiger partial charge in [-0.25, -0.2) is 4.79 Å². The van der Waals surface area contributed by atoms with E-state index in [4.69, 9.17) is 11.6 Å². The number of nitrogens with zero attached hydrogens (tertiary/aromatic N) is 2. The Balaban J connectivity index is 2.32. The molecule has 0 saturated carbocycles. The van der Waals surface area contributed by atoms with E-state index in [1.807, 2.05) is 4.98 Å². The second kappa shape index (κ2) is 4.84. The van der Waals surface area contributed by atoms with Crippen molar-refractivity contribution in [1.29, 1.82) is 0 Å². The van der Waals surface area contributed by atoms with E-state index in [2.05, 4.69) is 15.2 Å². The molecule has 0 unspecified atom stereocenters. The highest BCUT2D eigenvalue weighted by Gasteiger charge is 1.99. The number of aromatic nitrogens is 2. The van der Waals surface area contributed by atoms with E-state index in [1.165, 1.54) is 18.2 Å². The molecule has 1 aromatic carbocycles. The van der Waals surface area contributed by atoms with Crippen LogP contribution in [0.15, 0.2) is 44.1 Å². The van der Waals surface area contributed by atoms with E-state index >= 15 is 0 Å². The summed E-state index contributed by atoms with van der Waals surface area (Å²) in [6.45, 7) is 0. The highest BCUT2D eigenvalue weighted by atomic mass is 35.5. The molecule has 18 heavy (non-hydrogen) atoms. The van der Waals surface area contributed by atoms with Crippen LogP contribution in [0.5, 0.6) is 5.75 Å². The van der Waals surface area contributed by atoms with Crippen molar-refractivity contribution in [2.45, 2.75) is 0 Å². The van der Waals surface area contributed by atoms with Gasteiger partial charge in [-0.1, -0.05) is 11.6 Å². The molecule has 0 spiro atoms. The normalized spacial score (nSPS) is 10.9. The van der Waals surface area contributed by atoms with Crippen LogP contribution in [0.1, 0.15) is 0 Å². The number of aromatic amines is 2. The van der Waals surface area contributed by atoms with Crippen molar-refractivity contribution in [2.75, 3.05) is 0 Å². The van der Waals surface area contributed by atoms with Gasteiger partial charge in [0.25, 0.3) is 5.56 Å². The zero-order valence-electron chi connectivity index (χ0n) is 8.85. The fourth-order valence-corrected chi connectivity index (χ4v) is 1.35. The summed E-state index contributed by atoms with van der Waals surface area (Å²) in [5, 5.41) is 16.8. The smallest absolute Gasteiger partial charge is 0.327 e. The van der Waals surface area contributed by atoms with Gasteiger partial charge in [-0.2, -0.15) is 0 Å². The zero-order valence-corrected chi connectivity index (χ0v) is 9.60. The maximum absolute atomic E-state index is 11.0. The Morgan fingerprint density at radius 3 is 2.56 bits per heavy atom. The summed E-state index contributed by atoms with van der Waals surface area (Å²) >= 11 is 5.68. The Bertz CT molecular complexity index is 691. The molecule has 0 aliphatic rings. The molecule has 3 N–H and O–H groups in total. The van der Waals surface area contributed by atoms with Gasteiger partial charge in [-0.15, -0.1) is 10.2 Å². The predicted molar refractivity (Wildman–Crippen MR) is 65.0 cm³/mol. The van der Waals surface area contributed by atoms with Gasteiger partial charge in [0, 0.05) is 6.07 Å². The number of phenols is 1. The third kappa shape index (κ3) is 2.83. The Hall–Kier alpha value is -2.41. The van der Waals surface area contributed by atoms with Gasteiger partial charge >= 0.3 is 5.69 Å². The molecular formula is C10H7ClN4O3. The molecule has 8 heteroatoms. The van der Waals surface area contributed by atoms with Gasteiger partial charge in [0.15, 0.2) is 5.82 Å². The number of aromatic hydroxyl groups is 1. The van der Waals surface area contributed by atoms with Crippen molar-refractivity contribution in [3.8, 4) is 5.75 Å². The van der Waals surface area contributed by atoms with Crippen LogP contribution in [0.4, 0.5) is 11.5 Å². The van der Waals surface area contributed by atoms with Crippen molar-refractivity contribution in [1.82, 2.24) is 9.97 Å². The molecule has 0 bridgehead atoms. The lowest BCUT2D eigenvalue weighted by Gasteiger charge is -1.96. The summed E-state index contributed by atoms with van der Waals surface area (Å²) in [7, 11) is 0.